The molecule has 0 radical (unpaired) electrons. The molecule has 1 heterocycles. The summed E-state index contributed by atoms with van der Waals surface area (Å²) in [6.45, 7) is 12.5. The van der Waals surface area contributed by atoms with Gasteiger partial charge in [-0.1, -0.05) is 45.9 Å². The van der Waals surface area contributed by atoms with Gasteiger partial charge in [0.1, 0.15) is 0 Å². The minimum atomic E-state index is 0.603. The minimum absolute atomic E-state index is 0.603. The second-order valence-corrected chi connectivity index (χ2v) is 6.63. The summed E-state index contributed by atoms with van der Waals surface area (Å²) in [6.07, 6.45) is 1.25. The van der Waals surface area contributed by atoms with Crippen molar-refractivity contribution in [1.82, 2.24) is 5.32 Å². The highest BCUT2D eigenvalue weighted by Crippen LogP contribution is 2.25. The first-order valence-electron chi connectivity index (χ1n) is 7.62. The Morgan fingerprint density at radius 2 is 1.89 bits per heavy atom. The van der Waals surface area contributed by atoms with Gasteiger partial charge in [-0.2, -0.15) is 0 Å². The highest BCUT2D eigenvalue weighted by Gasteiger charge is 2.22. The van der Waals surface area contributed by atoms with Crippen LogP contribution in [-0.2, 0) is 6.54 Å². The molecule has 106 valence electrons. The normalized spacial score (nSPS) is 19.7. The van der Waals surface area contributed by atoms with E-state index < -0.39 is 0 Å². The van der Waals surface area contributed by atoms with Gasteiger partial charge in [0, 0.05) is 31.4 Å². The Balaban J connectivity index is 2.19. The molecule has 1 aromatic carbocycles. The van der Waals surface area contributed by atoms with Gasteiger partial charge in [-0.05, 0) is 29.9 Å². The van der Waals surface area contributed by atoms with Crippen LogP contribution in [0.2, 0.25) is 0 Å². The smallest absolute Gasteiger partial charge is 0.0412 e. The Kier molecular flexibility index (Phi) is 4.87. The summed E-state index contributed by atoms with van der Waals surface area (Å²) in [6, 6.07) is 9.45. The van der Waals surface area contributed by atoms with E-state index in [0.717, 1.165) is 25.6 Å². The van der Waals surface area contributed by atoms with Gasteiger partial charge in [0.15, 0.2) is 0 Å². The van der Waals surface area contributed by atoms with E-state index in [1.54, 1.807) is 0 Å². The number of nitrogens with one attached hydrogen (secondary N) is 1. The maximum absolute atomic E-state index is 3.73. The molecule has 0 aromatic heterocycles. The number of anilines is 1. The average molecular weight is 260 g/mol. The first-order chi connectivity index (χ1) is 9.06. The maximum atomic E-state index is 3.73. The van der Waals surface area contributed by atoms with Crippen molar-refractivity contribution in [1.29, 1.82) is 0 Å². The van der Waals surface area contributed by atoms with Crippen molar-refractivity contribution >= 4 is 5.69 Å². The monoisotopic (exact) mass is 260 g/mol. The molecular weight excluding hydrogens is 232 g/mol. The van der Waals surface area contributed by atoms with Gasteiger partial charge in [0.2, 0.25) is 0 Å². The van der Waals surface area contributed by atoms with Crippen LogP contribution < -0.4 is 10.2 Å². The summed E-state index contributed by atoms with van der Waals surface area (Å²) >= 11 is 0. The SMILES string of the molecule is CC(C)CC1CN(CC(C)C)c2ccccc2CN1. The summed E-state index contributed by atoms with van der Waals surface area (Å²) in [5, 5.41) is 3.73. The molecule has 0 saturated carbocycles. The van der Waals surface area contributed by atoms with E-state index in [2.05, 4.69) is 62.2 Å². The molecule has 1 N–H and O–H groups in total. The quantitative estimate of drug-likeness (QED) is 0.888. The van der Waals surface area contributed by atoms with Crippen LogP contribution in [0.15, 0.2) is 24.3 Å². The lowest BCUT2D eigenvalue weighted by molar-refractivity contribution is 0.417. The van der Waals surface area contributed by atoms with Gasteiger partial charge < -0.3 is 10.2 Å². The lowest BCUT2D eigenvalue weighted by atomic mass is 10.0. The Morgan fingerprint density at radius 3 is 2.58 bits per heavy atom. The number of benzene rings is 1. The summed E-state index contributed by atoms with van der Waals surface area (Å²) < 4.78 is 0. The fourth-order valence-corrected chi connectivity index (χ4v) is 2.99. The Morgan fingerprint density at radius 1 is 1.16 bits per heavy atom. The van der Waals surface area contributed by atoms with E-state index >= 15 is 0 Å². The molecule has 0 fully saturated rings. The lowest BCUT2D eigenvalue weighted by Crippen LogP contribution is -2.40. The molecular formula is C17H28N2. The predicted octanol–water partition coefficient (Wildman–Crippen LogP) is 3.67. The van der Waals surface area contributed by atoms with Gasteiger partial charge in [-0.25, -0.2) is 0 Å². The van der Waals surface area contributed by atoms with E-state index in [1.165, 1.54) is 17.7 Å². The van der Waals surface area contributed by atoms with Crippen LogP contribution in [-0.4, -0.2) is 19.1 Å². The summed E-state index contributed by atoms with van der Waals surface area (Å²) in [5.41, 5.74) is 2.87. The first-order valence-corrected chi connectivity index (χ1v) is 7.62. The van der Waals surface area contributed by atoms with Gasteiger partial charge in [-0.3, -0.25) is 0 Å². The molecule has 19 heavy (non-hydrogen) atoms. The lowest BCUT2D eigenvalue weighted by Gasteiger charge is -2.30. The molecule has 0 amide bonds. The zero-order valence-electron chi connectivity index (χ0n) is 12.8. The predicted molar refractivity (Wildman–Crippen MR) is 83.6 cm³/mol. The molecule has 0 bridgehead atoms. The number of para-hydroxylation sites is 1. The number of nitrogens with zero attached hydrogens (tertiary/aromatic N) is 1. The topological polar surface area (TPSA) is 15.3 Å². The van der Waals surface area contributed by atoms with E-state index in [-0.39, 0.29) is 0 Å². The number of hydrogen-bond donors (Lipinski definition) is 1. The highest BCUT2D eigenvalue weighted by molar-refractivity contribution is 5.54. The van der Waals surface area contributed by atoms with Crippen molar-refractivity contribution in [3.63, 3.8) is 0 Å². The van der Waals surface area contributed by atoms with Crippen molar-refractivity contribution in [2.45, 2.75) is 46.7 Å². The number of rotatable bonds is 4. The van der Waals surface area contributed by atoms with Crippen LogP contribution in [0.5, 0.6) is 0 Å². The van der Waals surface area contributed by atoms with Crippen LogP contribution in [0, 0.1) is 11.8 Å². The summed E-state index contributed by atoms with van der Waals surface area (Å²) in [5.74, 6) is 1.45. The van der Waals surface area contributed by atoms with Gasteiger partial charge in [0.25, 0.3) is 0 Å². The van der Waals surface area contributed by atoms with Crippen LogP contribution in [0.4, 0.5) is 5.69 Å². The molecule has 1 aromatic rings. The van der Waals surface area contributed by atoms with Gasteiger partial charge >= 0.3 is 0 Å². The number of hydrogen-bond acceptors (Lipinski definition) is 2. The molecule has 0 spiro atoms. The van der Waals surface area contributed by atoms with Crippen molar-refractivity contribution in [3.8, 4) is 0 Å². The molecule has 1 atom stereocenters. The van der Waals surface area contributed by atoms with E-state index in [4.69, 9.17) is 0 Å². The van der Waals surface area contributed by atoms with Crippen molar-refractivity contribution in [2.24, 2.45) is 11.8 Å². The third-order valence-electron chi connectivity index (χ3n) is 3.70. The van der Waals surface area contributed by atoms with E-state index in [0.29, 0.717) is 12.0 Å². The summed E-state index contributed by atoms with van der Waals surface area (Å²) in [4.78, 5) is 2.58. The molecule has 0 aliphatic carbocycles. The summed E-state index contributed by atoms with van der Waals surface area (Å²) in [7, 11) is 0. The molecule has 2 heteroatoms. The van der Waals surface area contributed by atoms with Gasteiger partial charge in [0.05, 0.1) is 0 Å². The number of fused-ring (bicyclic) bond motifs is 1. The standard InChI is InChI=1S/C17H28N2/c1-13(2)9-16-12-19(11-14(3)4)17-8-6-5-7-15(17)10-18-16/h5-8,13-14,16,18H,9-12H2,1-4H3. The largest absolute Gasteiger partial charge is 0.369 e. The fourth-order valence-electron chi connectivity index (χ4n) is 2.99. The van der Waals surface area contributed by atoms with Crippen LogP contribution >= 0.6 is 0 Å². The zero-order valence-corrected chi connectivity index (χ0v) is 12.8. The van der Waals surface area contributed by atoms with Gasteiger partial charge in [-0.15, -0.1) is 0 Å². The third-order valence-corrected chi connectivity index (χ3v) is 3.70. The van der Waals surface area contributed by atoms with E-state index in [1.807, 2.05) is 0 Å². The highest BCUT2D eigenvalue weighted by atomic mass is 15.2. The fraction of sp³-hybridized carbons (Fsp3) is 0.647. The van der Waals surface area contributed by atoms with Crippen LogP contribution in [0.3, 0.4) is 0 Å². The van der Waals surface area contributed by atoms with Crippen molar-refractivity contribution in [2.75, 3.05) is 18.0 Å². The maximum Gasteiger partial charge on any atom is 0.0412 e. The Hall–Kier alpha value is -1.02. The minimum Gasteiger partial charge on any atom is -0.369 e. The molecule has 2 rings (SSSR count). The zero-order chi connectivity index (χ0) is 13.8. The van der Waals surface area contributed by atoms with Crippen molar-refractivity contribution < 1.29 is 0 Å². The molecule has 2 nitrogen and oxygen atoms in total. The molecule has 0 saturated heterocycles. The first kappa shape index (κ1) is 14.4. The second-order valence-electron chi connectivity index (χ2n) is 6.63. The average Bonchev–Trinajstić information content (AvgIpc) is 2.49. The third kappa shape index (κ3) is 3.97. The molecule has 1 unspecified atom stereocenters. The van der Waals surface area contributed by atoms with Crippen LogP contribution in [0.1, 0.15) is 39.7 Å². The Bertz CT molecular complexity index is 398. The Labute approximate surface area is 118 Å². The second kappa shape index (κ2) is 6.42. The van der Waals surface area contributed by atoms with Crippen LogP contribution in [0.25, 0.3) is 0 Å². The molecule has 1 aliphatic heterocycles. The van der Waals surface area contributed by atoms with Crippen molar-refractivity contribution in [3.05, 3.63) is 29.8 Å². The van der Waals surface area contributed by atoms with E-state index in [9.17, 15) is 0 Å². The molecule has 1 aliphatic rings.